The number of hydrogen-bond donors (Lipinski definition) is 1. The molecular formula is C22H25NO3. The van der Waals surface area contributed by atoms with Crippen LogP contribution in [-0.2, 0) is 19.4 Å². The quantitative estimate of drug-likeness (QED) is 0.511. The monoisotopic (exact) mass is 351 g/mol. The zero-order valence-corrected chi connectivity index (χ0v) is 15.4. The Bertz CT molecular complexity index is 788. The molecule has 0 heterocycles. The van der Waals surface area contributed by atoms with E-state index in [1.54, 1.807) is 12.1 Å². The smallest absolute Gasteiger partial charge is 0.163 e. The van der Waals surface area contributed by atoms with E-state index in [1.165, 1.54) is 12.5 Å². The molecule has 0 aromatic heterocycles. The first kappa shape index (κ1) is 19.5. The van der Waals surface area contributed by atoms with E-state index in [0.717, 1.165) is 24.8 Å². The molecule has 0 radical (unpaired) electrons. The Hall–Kier alpha value is -2.80. The molecular weight excluding hydrogens is 326 g/mol. The van der Waals surface area contributed by atoms with Crippen molar-refractivity contribution in [1.82, 2.24) is 0 Å². The molecule has 2 aromatic rings. The van der Waals surface area contributed by atoms with Gasteiger partial charge in [0.1, 0.15) is 18.1 Å². The fraction of sp³-hybridized carbons (Fsp3) is 0.364. The summed E-state index contributed by atoms with van der Waals surface area (Å²) in [4.78, 5) is 11.6. The molecule has 0 amide bonds. The number of nitrogens with zero attached hydrogens (tertiary/aromatic N) is 1. The van der Waals surface area contributed by atoms with Crippen LogP contribution in [-0.4, -0.2) is 10.9 Å². The minimum absolute atomic E-state index is 0.0321. The van der Waals surface area contributed by atoms with Gasteiger partial charge < -0.3 is 9.84 Å². The van der Waals surface area contributed by atoms with E-state index >= 15 is 0 Å². The molecule has 0 unspecified atom stereocenters. The second kappa shape index (κ2) is 9.62. The SMILES string of the molecule is CCCc1c(OCc2ccc(CCCC#N)cc2)ccc(C(C)=O)c1O. The van der Waals surface area contributed by atoms with Crippen LogP contribution in [0.4, 0.5) is 0 Å². The Balaban J connectivity index is 2.08. The number of ether oxygens (including phenoxy) is 1. The zero-order chi connectivity index (χ0) is 18.9. The van der Waals surface area contributed by atoms with E-state index in [4.69, 9.17) is 10.00 Å². The lowest BCUT2D eigenvalue weighted by atomic mass is 10.0. The van der Waals surface area contributed by atoms with Crippen molar-refractivity contribution in [2.24, 2.45) is 0 Å². The number of ketones is 1. The molecule has 0 aliphatic heterocycles. The molecule has 2 aromatic carbocycles. The first-order valence-corrected chi connectivity index (χ1v) is 9.00. The van der Waals surface area contributed by atoms with Crippen molar-refractivity contribution in [3.8, 4) is 17.6 Å². The van der Waals surface area contributed by atoms with Gasteiger partial charge in [-0.15, -0.1) is 0 Å². The maximum atomic E-state index is 11.6. The molecule has 0 saturated heterocycles. The summed E-state index contributed by atoms with van der Waals surface area (Å²) in [6, 6.07) is 13.7. The van der Waals surface area contributed by atoms with Gasteiger partial charge in [0.05, 0.1) is 11.6 Å². The molecule has 26 heavy (non-hydrogen) atoms. The van der Waals surface area contributed by atoms with Gasteiger partial charge in [0.2, 0.25) is 0 Å². The van der Waals surface area contributed by atoms with E-state index in [-0.39, 0.29) is 11.5 Å². The molecule has 2 rings (SSSR count). The lowest BCUT2D eigenvalue weighted by molar-refractivity contribution is 0.101. The fourth-order valence-corrected chi connectivity index (χ4v) is 2.86. The van der Waals surface area contributed by atoms with Gasteiger partial charge in [0.25, 0.3) is 0 Å². The standard InChI is InChI=1S/C22H25NO3/c1-3-6-20-21(13-12-19(16(2)24)22(20)25)26-15-18-10-8-17(9-11-18)7-4-5-14-23/h8-13,25H,3-7,15H2,1-2H3. The van der Waals surface area contributed by atoms with Crippen LogP contribution in [0.15, 0.2) is 36.4 Å². The average Bonchev–Trinajstić information content (AvgIpc) is 2.63. The van der Waals surface area contributed by atoms with Crippen LogP contribution in [0.5, 0.6) is 11.5 Å². The fourth-order valence-electron chi connectivity index (χ4n) is 2.86. The molecule has 0 fully saturated rings. The number of rotatable bonds is 9. The molecule has 1 N–H and O–H groups in total. The number of phenolic OH excluding ortho intramolecular Hbond substituents is 1. The minimum Gasteiger partial charge on any atom is -0.507 e. The molecule has 0 aliphatic rings. The third-order valence-electron chi connectivity index (χ3n) is 4.29. The molecule has 4 heteroatoms. The van der Waals surface area contributed by atoms with Gasteiger partial charge in [-0.2, -0.15) is 5.26 Å². The van der Waals surface area contributed by atoms with Crippen LogP contribution in [0, 0.1) is 11.3 Å². The summed E-state index contributed by atoms with van der Waals surface area (Å²) >= 11 is 0. The number of aromatic hydroxyl groups is 1. The molecule has 4 nitrogen and oxygen atoms in total. The predicted molar refractivity (Wildman–Crippen MR) is 101 cm³/mol. The van der Waals surface area contributed by atoms with E-state index in [9.17, 15) is 9.90 Å². The summed E-state index contributed by atoms with van der Waals surface area (Å²) in [5, 5.41) is 19.0. The van der Waals surface area contributed by atoms with Crippen molar-refractivity contribution in [1.29, 1.82) is 5.26 Å². The highest BCUT2D eigenvalue weighted by molar-refractivity contribution is 5.97. The van der Waals surface area contributed by atoms with Crippen LogP contribution in [0.3, 0.4) is 0 Å². The molecule has 136 valence electrons. The summed E-state index contributed by atoms with van der Waals surface area (Å²) in [5.41, 5.74) is 3.27. The topological polar surface area (TPSA) is 70.3 Å². The number of aryl methyl sites for hydroxylation is 1. The van der Waals surface area contributed by atoms with Crippen molar-refractivity contribution in [3.05, 3.63) is 58.7 Å². The Morgan fingerprint density at radius 3 is 2.42 bits per heavy atom. The lowest BCUT2D eigenvalue weighted by Gasteiger charge is -2.15. The van der Waals surface area contributed by atoms with Crippen molar-refractivity contribution >= 4 is 5.78 Å². The van der Waals surface area contributed by atoms with Gasteiger partial charge in [-0.1, -0.05) is 37.6 Å². The minimum atomic E-state index is -0.154. The number of carbonyl (C=O) groups is 1. The summed E-state index contributed by atoms with van der Waals surface area (Å²) in [5.74, 6) is 0.496. The molecule has 0 atom stereocenters. The summed E-state index contributed by atoms with van der Waals surface area (Å²) in [6.45, 7) is 3.87. The largest absolute Gasteiger partial charge is 0.507 e. The second-order valence-corrected chi connectivity index (χ2v) is 6.36. The number of carbonyl (C=O) groups excluding carboxylic acids is 1. The number of nitriles is 1. The predicted octanol–water partition coefficient (Wildman–Crippen LogP) is 4.97. The van der Waals surface area contributed by atoms with Gasteiger partial charge in [0.15, 0.2) is 5.78 Å². The average molecular weight is 351 g/mol. The maximum absolute atomic E-state index is 11.6. The van der Waals surface area contributed by atoms with E-state index in [0.29, 0.717) is 36.3 Å². The van der Waals surface area contributed by atoms with E-state index in [2.05, 4.69) is 18.2 Å². The molecule has 0 bridgehead atoms. The third kappa shape index (κ3) is 5.10. The van der Waals surface area contributed by atoms with Gasteiger partial charge >= 0.3 is 0 Å². The van der Waals surface area contributed by atoms with Crippen molar-refractivity contribution < 1.29 is 14.6 Å². The summed E-state index contributed by atoms with van der Waals surface area (Å²) < 4.78 is 5.92. The van der Waals surface area contributed by atoms with E-state index < -0.39 is 0 Å². The number of benzene rings is 2. The van der Waals surface area contributed by atoms with Crippen molar-refractivity contribution in [2.45, 2.75) is 52.6 Å². The first-order valence-electron chi connectivity index (χ1n) is 9.00. The highest BCUT2D eigenvalue weighted by Gasteiger charge is 2.15. The van der Waals surface area contributed by atoms with Crippen molar-refractivity contribution in [3.63, 3.8) is 0 Å². The first-order chi connectivity index (χ1) is 12.6. The number of phenols is 1. The molecule has 0 aliphatic carbocycles. The van der Waals surface area contributed by atoms with Crippen LogP contribution in [0.25, 0.3) is 0 Å². The zero-order valence-electron chi connectivity index (χ0n) is 15.4. The summed E-state index contributed by atoms with van der Waals surface area (Å²) in [6.07, 6.45) is 3.85. The van der Waals surface area contributed by atoms with Gasteiger partial charge in [-0.05, 0) is 49.4 Å². The molecule has 0 spiro atoms. The highest BCUT2D eigenvalue weighted by atomic mass is 16.5. The number of Topliss-reactive ketones (excluding diaryl/α,β-unsaturated/α-hetero) is 1. The van der Waals surface area contributed by atoms with Gasteiger partial charge in [-0.25, -0.2) is 0 Å². The van der Waals surface area contributed by atoms with Gasteiger partial charge in [0, 0.05) is 12.0 Å². The van der Waals surface area contributed by atoms with Crippen molar-refractivity contribution in [2.75, 3.05) is 0 Å². The Morgan fingerprint density at radius 1 is 1.12 bits per heavy atom. The number of hydrogen-bond acceptors (Lipinski definition) is 4. The Morgan fingerprint density at radius 2 is 1.81 bits per heavy atom. The van der Waals surface area contributed by atoms with E-state index in [1.807, 2.05) is 19.1 Å². The van der Waals surface area contributed by atoms with Crippen LogP contribution in [0.1, 0.15) is 60.2 Å². The third-order valence-corrected chi connectivity index (χ3v) is 4.29. The number of unbranched alkanes of at least 4 members (excludes halogenated alkanes) is 1. The molecule has 0 saturated carbocycles. The Kier molecular flexibility index (Phi) is 7.23. The lowest BCUT2D eigenvalue weighted by Crippen LogP contribution is -2.02. The van der Waals surface area contributed by atoms with Crippen LogP contribution >= 0.6 is 0 Å². The normalized spacial score (nSPS) is 10.3. The maximum Gasteiger partial charge on any atom is 0.163 e. The highest BCUT2D eigenvalue weighted by Crippen LogP contribution is 2.33. The summed E-state index contributed by atoms with van der Waals surface area (Å²) in [7, 11) is 0. The van der Waals surface area contributed by atoms with Gasteiger partial charge in [-0.3, -0.25) is 4.79 Å². The Labute approximate surface area is 155 Å². The second-order valence-electron chi connectivity index (χ2n) is 6.36. The van der Waals surface area contributed by atoms with Crippen LogP contribution < -0.4 is 4.74 Å². The van der Waals surface area contributed by atoms with Crippen LogP contribution in [0.2, 0.25) is 0 Å².